The number of hydrogen-bond acceptors (Lipinski definition) is 4. The van der Waals surface area contributed by atoms with Gasteiger partial charge in [-0.2, -0.15) is 0 Å². The fraction of sp³-hybridized carbons (Fsp3) is 0.462. The molecule has 0 aliphatic heterocycles. The molecule has 112 valence electrons. The van der Waals surface area contributed by atoms with Crippen LogP contribution in [0.3, 0.4) is 0 Å². The number of benzene rings is 1. The van der Waals surface area contributed by atoms with Crippen molar-refractivity contribution in [2.24, 2.45) is 0 Å². The van der Waals surface area contributed by atoms with Crippen molar-refractivity contribution in [3.63, 3.8) is 0 Å². The van der Waals surface area contributed by atoms with Gasteiger partial charge in [-0.15, -0.1) is 0 Å². The molecule has 1 aromatic rings. The lowest BCUT2D eigenvalue weighted by atomic mass is 9.98. The van der Waals surface area contributed by atoms with Crippen LogP contribution in [0.5, 0.6) is 0 Å². The molecule has 0 heterocycles. The normalized spacial score (nSPS) is 13.9. The van der Waals surface area contributed by atoms with Gasteiger partial charge in [0.15, 0.2) is 9.84 Å². The zero-order chi connectivity index (χ0) is 15.7. The first-order chi connectivity index (χ1) is 8.95. The van der Waals surface area contributed by atoms with E-state index in [1.807, 2.05) is 0 Å². The van der Waals surface area contributed by atoms with Crippen molar-refractivity contribution in [3.05, 3.63) is 28.8 Å². The fourth-order valence-corrected chi connectivity index (χ4v) is 2.70. The Morgan fingerprint density at radius 3 is 2.40 bits per heavy atom. The molecule has 0 bridgehead atoms. The SMILES string of the molecule is CC(O)C(C)(C)NC(=O)c1ccc(Cl)c(S(C)(=O)=O)c1. The average molecular weight is 320 g/mol. The Morgan fingerprint density at radius 1 is 1.40 bits per heavy atom. The Hall–Kier alpha value is -1.11. The minimum atomic E-state index is -3.51. The maximum Gasteiger partial charge on any atom is 0.251 e. The zero-order valence-electron chi connectivity index (χ0n) is 11.8. The predicted molar refractivity (Wildman–Crippen MR) is 77.8 cm³/mol. The van der Waals surface area contributed by atoms with Gasteiger partial charge in [-0.05, 0) is 39.0 Å². The minimum Gasteiger partial charge on any atom is -0.391 e. The van der Waals surface area contributed by atoms with Gasteiger partial charge in [-0.1, -0.05) is 11.6 Å². The third-order valence-corrected chi connectivity index (χ3v) is 4.65. The first-order valence-corrected chi connectivity index (χ1v) is 8.22. The highest BCUT2D eigenvalue weighted by molar-refractivity contribution is 7.90. The third-order valence-electron chi connectivity index (χ3n) is 3.07. The highest BCUT2D eigenvalue weighted by Crippen LogP contribution is 2.23. The van der Waals surface area contributed by atoms with Crippen LogP contribution in [0.15, 0.2) is 23.1 Å². The summed E-state index contributed by atoms with van der Waals surface area (Å²) in [6, 6.07) is 4.03. The summed E-state index contributed by atoms with van der Waals surface area (Å²) in [6.45, 7) is 4.90. The smallest absolute Gasteiger partial charge is 0.251 e. The van der Waals surface area contributed by atoms with Crippen molar-refractivity contribution in [2.45, 2.75) is 37.3 Å². The molecule has 0 aromatic heterocycles. The van der Waals surface area contributed by atoms with Gasteiger partial charge < -0.3 is 10.4 Å². The molecular formula is C13H18ClNO4S. The van der Waals surface area contributed by atoms with Crippen LogP contribution in [0.4, 0.5) is 0 Å². The van der Waals surface area contributed by atoms with E-state index in [2.05, 4.69) is 5.32 Å². The minimum absolute atomic E-state index is 0.0684. The first-order valence-electron chi connectivity index (χ1n) is 5.95. The van der Waals surface area contributed by atoms with Gasteiger partial charge in [0.1, 0.15) is 0 Å². The summed E-state index contributed by atoms with van der Waals surface area (Å²) >= 11 is 5.82. The molecule has 1 amide bonds. The number of carbonyl (C=O) groups is 1. The lowest BCUT2D eigenvalue weighted by Gasteiger charge is -2.29. The van der Waals surface area contributed by atoms with Crippen LogP contribution in [-0.2, 0) is 9.84 Å². The summed E-state index contributed by atoms with van der Waals surface area (Å²) in [5, 5.41) is 12.3. The molecule has 0 spiro atoms. The van der Waals surface area contributed by atoms with E-state index < -0.39 is 27.4 Å². The number of sulfone groups is 1. The molecule has 20 heavy (non-hydrogen) atoms. The van der Waals surface area contributed by atoms with Crippen LogP contribution in [0.25, 0.3) is 0 Å². The van der Waals surface area contributed by atoms with E-state index in [-0.39, 0.29) is 15.5 Å². The number of nitrogens with one attached hydrogen (secondary N) is 1. The summed E-state index contributed by atoms with van der Waals surface area (Å²) in [7, 11) is -3.51. The number of hydrogen-bond donors (Lipinski definition) is 2. The lowest BCUT2D eigenvalue weighted by Crippen LogP contribution is -2.51. The molecule has 5 nitrogen and oxygen atoms in total. The molecule has 0 saturated heterocycles. The van der Waals surface area contributed by atoms with Gasteiger partial charge >= 0.3 is 0 Å². The number of amides is 1. The van der Waals surface area contributed by atoms with Crippen molar-refractivity contribution in [1.29, 1.82) is 0 Å². The van der Waals surface area contributed by atoms with E-state index in [9.17, 15) is 18.3 Å². The van der Waals surface area contributed by atoms with Crippen LogP contribution in [-0.4, -0.2) is 37.3 Å². The summed E-state index contributed by atoms with van der Waals surface area (Å²) in [5.41, 5.74) is -0.661. The van der Waals surface area contributed by atoms with E-state index in [1.165, 1.54) is 18.2 Å². The lowest BCUT2D eigenvalue weighted by molar-refractivity contribution is 0.0709. The summed E-state index contributed by atoms with van der Waals surface area (Å²) in [5.74, 6) is -0.475. The van der Waals surface area contributed by atoms with E-state index in [0.717, 1.165) is 6.26 Å². The Morgan fingerprint density at radius 2 is 1.95 bits per heavy atom. The summed E-state index contributed by atoms with van der Waals surface area (Å²) in [6.07, 6.45) is 0.267. The molecular weight excluding hydrogens is 302 g/mol. The highest BCUT2D eigenvalue weighted by atomic mass is 35.5. The van der Waals surface area contributed by atoms with Crippen molar-refractivity contribution in [2.75, 3.05) is 6.26 Å². The van der Waals surface area contributed by atoms with Gasteiger partial charge in [0.25, 0.3) is 5.91 Å². The molecule has 1 unspecified atom stereocenters. The standard InChI is InChI=1S/C13H18ClNO4S/c1-8(16)13(2,3)15-12(17)9-5-6-10(14)11(7-9)20(4,18)19/h5-8,16H,1-4H3,(H,15,17). The van der Waals surface area contributed by atoms with E-state index in [1.54, 1.807) is 20.8 Å². The monoisotopic (exact) mass is 319 g/mol. The van der Waals surface area contributed by atoms with E-state index in [4.69, 9.17) is 11.6 Å². The van der Waals surface area contributed by atoms with Crippen molar-refractivity contribution < 1.29 is 18.3 Å². The van der Waals surface area contributed by atoms with Crippen LogP contribution >= 0.6 is 11.6 Å². The van der Waals surface area contributed by atoms with E-state index >= 15 is 0 Å². The fourth-order valence-electron chi connectivity index (χ4n) is 1.40. The second kappa shape index (κ2) is 5.71. The van der Waals surface area contributed by atoms with Crippen LogP contribution < -0.4 is 5.32 Å². The van der Waals surface area contributed by atoms with E-state index in [0.29, 0.717) is 0 Å². The number of aliphatic hydroxyl groups is 1. The average Bonchev–Trinajstić information content (AvgIpc) is 2.26. The molecule has 0 aliphatic carbocycles. The Balaban J connectivity index is 3.14. The first kappa shape index (κ1) is 16.9. The zero-order valence-corrected chi connectivity index (χ0v) is 13.3. The van der Waals surface area contributed by atoms with Gasteiger partial charge in [0, 0.05) is 11.8 Å². The molecule has 0 aliphatic rings. The molecule has 0 radical (unpaired) electrons. The molecule has 7 heteroatoms. The van der Waals surface area contributed by atoms with Gasteiger partial charge in [-0.3, -0.25) is 4.79 Å². The Bertz CT molecular complexity index is 623. The second-order valence-corrected chi connectivity index (χ2v) is 7.66. The van der Waals surface area contributed by atoms with Crippen LogP contribution in [0, 0.1) is 0 Å². The highest BCUT2D eigenvalue weighted by Gasteiger charge is 2.27. The molecule has 0 fully saturated rings. The van der Waals surface area contributed by atoms with Gasteiger partial charge in [0.2, 0.25) is 0 Å². The quantitative estimate of drug-likeness (QED) is 0.883. The summed E-state index contributed by atoms with van der Waals surface area (Å²) in [4.78, 5) is 12.0. The number of halogens is 1. The Labute approximate surface area is 123 Å². The topological polar surface area (TPSA) is 83.5 Å². The number of carbonyl (C=O) groups excluding carboxylic acids is 1. The van der Waals surface area contributed by atoms with Crippen LogP contribution in [0.1, 0.15) is 31.1 Å². The largest absolute Gasteiger partial charge is 0.391 e. The Kier molecular flexibility index (Phi) is 4.84. The third kappa shape index (κ3) is 3.94. The molecule has 1 atom stereocenters. The number of rotatable bonds is 4. The maximum atomic E-state index is 12.1. The maximum absolute atomic E-state index is 12.1. The number of aliphatic hydroxyl groups excluding tert-OH is 1. The second-order valence-electron chi connectivity index (χ2n) is 5.27. The molecule has 2 N–H and O–H groups in total. The molecule has 0 saturated carbocycles. The van der Waals surface area contributed by atoms with Gasteiger partial charge in [0.05, 0.1) is 21.6 Å². The molecule has 1 aromatic carbocycles. The van der Waals surface area contributed by atoms with Crippen molar-refractivity contribution in [3.8, 4) is 0 Å². The predicted octanol–water partition coefficient (Wildman–Crippen LogP) is 1.63. The van der Waals surface area contributed by atoms with Crippen molar-refractivity contribution in [1.82, 2.24) is 5.32 Å². The van der Waals surface area contributed by atoms with Crippen LogP contribution in [0.2, 0.25) is 5.02 Å². The summed E-state index contributed by atoms with van der Waals surface area (Å²) < 4.78 is 23.1. The van der Waals surface area contributed by atoms with Gasteiger partial charge in [-0.25, -0.2) is 8.42 Å². The van der Waals surface area contributed by atoms with Crippen molar-refractivity contribution >= 4 is 27.3 Å². The molecule has 1 rings (SSSR count).